The second kappa shape index (κ2) is 9.17. The molecule has 3 aromatic carbocycles. The Kier molecular flexibility index (Phi) is 6.66. The standard InChI is InChI=1S/C23H23OP.B/c1-4-10-19(11-5-1)18-24-25-22(20-12-6-2-7-13-20)16-17-23(25)21-14-8-3-9-15-21;/h1-15,22-23H,16-18H2;/t22-,23-;/m0./s1. The lowest BCUT2D eigenvalue weighted by Crippen LogP contribution is -1.99. The van der Waals surface area contributed by atoms with E-state index >= 15 is 0 Å². The molecular weight excluding hydrogens is 334 g/mol. The van der Waals surface area contributed by atoms with Crippen molar-refractivity contribution >= 4 is 16.6 Å². The first-order valence-electron chi connectivity index (χ1n) is 8.97. The average molecular weight is 357 g/mol. The summed E-state index contributed by atoms with van der Waals surface area (Å²) < 4.78 is 6.59. The van der Waals surface area contributed by atoms with Gasteiger partial charge in [-0.25, -0.2) is 0 Å². The normalized spacial score (nSPS) is 19.8. The van der Waals surface area contributed by atoms with Crippen molar-refractivity contribution in [3.05, 3.63) is 108 Å². The number of benzene rings is 3. The number of hydrogen-bond donors (Lipinski definition) is 0. The summed E-state index contributed by atoms with van der Waals surface area (Å²) in [5.41, 5.74) is 5.19. The van der Waals surface area contributed by atoms with Crippen molar-refractivity contribution in [3.8, 4) is 0 Å². The molecule has 1 aliphatic heterocycles. The highest BCUT2D eigenvalue weighted by atomic mass is 31.1. The van der Waals surface area contributed by atoms with Gasteiger partial charge in [0.2, 0.25) is 0 Å². The quantitative estimate of drug-likeness (QED) is 0.374. The van der Waals surface area contributed by atoms with Gasteiger partial charge in [0, 0.05) is 27.9 Å². The Bertz CT molecular complexity index is 732. The zero-order valence-corrected chi connectivity index (χ0v) is 15.8. The largest absolute Gasteiger partial charge is 0.353 e. The lowest BCUT2D eigenvalue weighted by Gasteiger charge is -2.26. The van der Waals surface area contributed by atoms with Crippen LogP contribution in [-0.4, -0.2) is 8.41 Å². The van der Waals surface area contributed by atoms with Crippen LogP contribution in [0.5, 0.6) is 0 Å². The molecule has 1 fully saturated rings. The summed E-state index contributed by atoms with van der Waals surface area (Å²) in [6.07, 6.45) is 2.42. The van der Waals surface area contributed by atoms with Crippen molar-refractivity contribution in [2.45, 2.75) is 30.8 Å². The molecule has 3 heteroatoms. The molecule has 129 valence electrons. The molecule has 3 aromatic rings. The van der Waals surface area contributed by atoms with Crippen LogP contribution in [0.1, 0.15) is 40.8 Å². The fourth-order valence-electron chi connectivity index (χ4n) is 3.67. The summed E-state index contributed by atoms with van der Waals surface area (Å²) in [6.45, 7) is 0.708. The SMILES string of the molecule is [B].c1ccc(COP2[C@H](c3ccccc3)CC[C@H]2c2ccccc2)cc1. The maximum Gasteiger partial charge on any atom is 0.0760 e. The van der Waals surface area contributed by atoms with Gasteiger partial charge in [0.15, 0.2) is 0 Å². The fourth-order valence-corrected chi connectivity index (χ4v) is 6.50. The molecule has 1 nitrogen and oxygen atoms in total. The van der Waals surface area contributed by atoms with Crippen LogP contribution >= 0.6 is 8.15 Å². The molecule has 1 saturated heterocycles. The van der Waals surface area contributed by atoms with E-state index in [-0.39, 0.29) is 8.41 Å². The molecule has 0 N–H and O–H groups in total. The van der Waals surface area contributed by atoms with Gasteiger partial charge in [0.25, 0.3) is 0 Å². The van der Waals surface area contributed by atoms with Crippen LogP contribution in [0, 0.1) is 0 Å². The molecule has 1 aliphatic rings. The van der Waals surface area contributed by atoms with Gasteiger partial charge in [-0.1, -0.05) is 91.0 Å². The Morgan fingerprint density at radius 1 is 0.654 bits per heavy atom. The fraction of sp³-hybridized carbons (Fsp3) is 0.217. The van der Waals surface area contributed by atoms with Crippen LogP contribution in [-0.2, 0) is 11.1 Å². The summed E-state index contributed by atoms with van der Waals surface area (Å²) in [5.74, 6) is 0. The minimum absolute atomic E-state index is 0. The molecule has 2 atom stereocenters. The third-order valence-corrected chi connectivity index (χ3v) is 7.69. The molecule has 0 aliphatic carbocycles. The van der Waals surface area contributed by atoms with Crippen LogP contribution in [0.4, 0.5) is 0 Å². The smallest absolute Gasteiger partial charge is 0.0760 e. The van der Waals surface area contributed by atoms with Crippen molar-refractivity contribution in [1.29, 1.82) is 0 Å². The predicted molar refractivity (Wildman–Crippen MR) is 112 cm³/mol. The summed E-state index contributed by atoms with van der Waals surface area (Å²) >= 11 is 0. The molecule has 3 radical (unpaired) electrons. The van der Waals surface area contributed by atoms with Gasteiger partial charge >= 0.3 is 0 Å². The van der Waals surface area contributed by atoms with Crippen molar-refractivity contribution in [3.63, 3.8) is 0 Å². The van der Waals surface area contributed by atoms with Crippen LogP contribution in [0.15, 0.2) is 91.0 Å². The minimum Gasteiger partial charge on any atom is -0.353 e. The lowest BCUT2D eigenvalue weighted by molar-refractivity contribution is 0.336. The maximum absolute atomic E-state index is 6.59. The molecule has 0 amide bonds. The van der Waals surface area contributed by atoms with E-state index in [1.165, 1.54) is 29.5 Å². The summed E-state index contributed by atoms with van der Waals surface area (Å²) in [5, 5.41) is 0. The summed E-state index contributed by atoms with van der Waals surface area (Å²) in [4.78, 5) is 0. The van der Waals surface area contributed by atoms with E-state index in [2.05, 4.69) is 91.0 Å². The zero-order valence-electron chi connectivity index (χ0n) is 14.9. The monoisotopic (exact) mass is 357 g/mol. The Morgan fingerprint density at radius 3 is 1.54 bits per heavy atom. The first-order valence-corrected chi connectivity index (χ1v) is 10.4. The third kappa shape index (κ3) is 4.26. The zero-order chi connectivity index (χ0) is 16.9. The average Bonchev–Trinajstić information content (AvgIpc) is 3.12. The lowest BCUT2D eigenvalue weighted by atomic mass is 10.0. The van der Waals surface area contributed by atoms with Gasteiger partial charge in [-0.2, -0.15) is 0 Å². The van der Waals surface area contributed by atoms with Gasteiger partial charge in [-0.3, -0.25) is 0 Å². The first-order chi connectivity index (χ1) is 12.4. The molecule has 1 heterocycles. The van der Waals surface area contributed by atoms with Crippen LogP contribution in [0.2, 0.25) is 0 Å². The number of rotatable bonds is 5. The molecule has 0 unspecified atom stereocenters. The summed E-state index contributed by atoms with van der Waals surface area (Å²) in [6, 6.07) is 32.4. The molecule has 4 rings (SSSR count). The predicted octanol–water partition coefficient (Wildman–Crippen LogP) is 6.50. The van der Waals surface area contributed by atoms with Crippen LogP contribution < -0.4 is 0 Å². The molecule has 0 spiro atoms. The van der Waals surface area contributed by atoms with E-state index in [1.54, 1.807) is 0 Å². The minimum atomic E-state index is -0.548. The van der Waals surface area contributed by atoms with Crippen LogP contribution in [0.25, 0.3) is 0 Å². The number of hydrogen-bond acceptors (Lipinski definition) is 1. The Morgan fingerprint density at radius 2 is 1.08 bits per heavy atom. The van der Waals surface area contributed by atoms with Crippen molar-refractivity contribution < 1.29 is 4.52 Å². The second-order valence-corrected chi connectivity index (χ2v) is 8.77. The van der Waals surface area contributed by atoms with Gasteiger partial charge in [-0.05, 0) is 29.5 Å². The Hall–Kier alpha value is -1.89. The molecule has 0 bridgehead atoms. The van der Waals surface area contributed by atoms with Crippen molar-refractivity contribution in [2.24, 2.45) is 0 Å². The van der Waals surface area contributed by atoms with Crippen molar-refractivity contribution in [2.75, 3.05) is 0 Å². The molecule has 0 aromatic heterocycles. The topological polar surface area (TPSA) is 9.23 Å². The summed E-state index contributed by atoms with van der Waals surface area (Å²) in [7, 11) is -0.548. The van der Waals surface area contributed by atoms with Gasteiger partial charge < -0.3 is 4.52 Å². The second-order valence-electron chi connectivity index (χ2n) is 6.55. The van der Waals surface area contributed by atoms with E-state index in [4.69, 9.17) is 4.52 Å². The van der Waals surface area contributed by atoms with Gasteiger partial charge in [-0.15, -0.1) is 0 Å². The highest BCUT2D eigenvalue weighted by Crippen LogP contribution is 2.71. The van der Waals surface area contributed by atoms with E-state index < -0.39 is 8.15 Å². The first kappa shape index (κ1) is 18.9. The Balaban J connectivity index is 0.00000196. The van der Waals surface area contributed by atoms with Gasteiger partial charge in [0.1, 0.15) is 0 Å². The third-order valence-electron chi connectivity index (χ3n) is 4.92. The van der Waals surface area contributed by atoms with E-state index in [0.29, 0.717) is 17.9 Å². The molecule has 0 saturated carbocycles. The Labute approximate surface area is 159 Å². The van der Waals surface area contributed by atoms with E-state index in [9.17, 15) is 0 Å². The van der Waals surface area contributed by atoms with E-state index in [0.717, 1.165) is 0 Å². The highest BCUT2D eigenvalue weighted by Gasteiger charge is 2.38. The maximum atomic E-state index is 6.59. The molecular formula is C23H23BOP. The van der Waals surface area contributed by atoms with Gasteiger partial charge in [0.05, 0.1) is 6.61 Å². The van der Waals surface area contributed by atoms with E-state index in [1.807, 2.05) is 0 Å². The van der Waals surface area contributed by atoms with Crippen molar-refractivity contribution in [1.82, 2.24) is 0 Å². The van der Waals surface area contributed by atoms with Crippen LogP contribution in [0.3, 0.4) is 0 Å². The highest BCUT2D eigenvalue weighted by molar-refractivity contribution is 7.53. The molecule has 26 heavy (non-hydrogen) atoms.